The minimum absolute atomic E-state index is 0.0178. The van der Waals surface area contributed by atoms with Crippen molar-refractivity contribution in [2.75, 3.05) is 6.54 Å². The molecule has 96 valence electrons. The standard InChI is InChI=1S/C12H16N4OS/c1-9-15-11(8-18-9)5-12(17)13-4-3-10-6-14-16(2)7-10/h6-8H,3-5H2,1-2H3,(H,13,17). The molecule has 2 heterocycles. The lowest BCUT2D eigenvalue weighted by molar-refractivity contribution is -0.120. The highest BCUT2D eigenvalue weighted by Crippen LogP contribution is 2.08. The fourth-order valence-corrected chi connectivity index (χ4v) is 2.28. The number of nitrogens with one attached hydrogen (secondary N) is 1. The molecule has 1 N–H and O–H groups in total. The Hall–Kier alpha value is -1.69. The molecule has 0 bridgehead atoms. The summed E-state index contributed by atoms with van der Waals surface area (Å²) in [5, 5.41) is 9.89. The number of hydrogen-bond donors (Lipinski definition) is 1. The normalized spacial score (nSPS) is 10.6. The van der Waals surface area contributed by atoms with Crippen LogP contribution in [-0.4, -0.2) is 27.2 Å². The molecule has 0 radical (unpaired) electrons. The van der Waals surface area contributed by atoms with E-state index in [-0.39, 0.29) is 5.91 Å². The van der Waals surface area contributed by atoms with E-state index in [1.165, 1.54) is 0 Å². The van der Waals surface area contributed by atoms with Crippen molar-refractivity contribution in [3.8, 4) is 0 Å². The zero-order valence-electron chi connectivity index (χ0n) is 10.5. The quantitative estimate of drug-likeness (QED) is 0.879. The van der Waals surface area contributed by atoms with E-state index in [1.807, 2.05) is 31.7 Å². The highest BCUT2D eigenvalue weighted by molar-refractivity contribution is 7.09. The smallest absolute Gasteiger partial charge is 0.226 e. The molecule has 0 aliphatic heterocycles. The van der Waals surface area contributed by atoms with Gasteiger partial charge in [-0.3, -0.25) is 9.48 Å². The molecule has 2 aromatic heterocycles. The topological polar surface area (TPSA) is 59.8 Å². The second kappa shape index (κ2) is 5.77. The number of carbonyl (C=O) groups is 1. The van der Waals surface area contributed by atoms with Gasteiger partial charge in [-0.1, -0.05) is 0 Å². The maximum Gasteiger partial charge on any atom is 0.226 e. The average Bonchev–Trinajstić information content (AvgIpc) is 2.88. The van der Waals surface area contributed by atoms with E-state index in [1.54, 1.807) is 16.0 Å². The van der Waals surface area contributed by atoms with Crippen LogP contribution < -0.4 is 5.32 Å². The minimum atomic E-state index is 0.0178. The van der Waals surface area contributed by atoms with Gasteiger partial charge in [0.05, 0.1) is 23.3 Å². The number of rotatable bonds is 5. The van der Waals surface area contributed by atoms with Crippen LogP contribution >= 0.6 is 11.3 Å². The van der Waals surface area contributed by atoms with Gasteiger partial charge in [-0.25, -0.2) is 4.98 Å². The minimum Gasteiger partial charge on any atom is -0.355 e. The van der Waals surface area contributed by atoms with Gasteiger partial charge in [0.15, 0.2) is 0 Å². The molecule has 0 unspecified atom stereocenters. The van der Waals surface area contributed by atoms with Gasteiger partial charge in [-0.2, -0.15) is 5.10 Å². The number of thiazole rings is 1. The van der Waals surface area contributed by atoms with E-state index in [0.29, 0.717) is 13.0 Å². The molecule has 0 aliphatic rings. The van der Waals surface area contributed by atoms with E-state index >= 15 is 0 Å². The van der Waals surface area contributed by atoms with E-state index in [2.05, 4.69) is 15.4 Å². The van der Waals surface area contributed by atoms with Crippen LogP contribution in [-0.2, 0) is 24.7 Å². The molecule has 0 spiro atoms. The fourth-order valence-electron chi connectivity index (χ4n) is 1.66. The van der Waals surface area contributed by atoms with E-state index in [4.69, 9.17) is 0 Å². The molecule has 5 nitrogen and oxygen atoms in total. The van der Waals surface area contributed by atoms with Gasteiger partial charge in [0.1, 0.15) is 0 Å². The molecule has 0 atom stereocenters. The summed E-state index contributed by atoms with van der Waals surface area (Å²) in [5.41, 5.74) is 1.97. The largest absolute Gasteiger partial charge is 0.355 e. The summed E-state index contributed by atoms with van der Waals surface area (Å²) >= 11 is 1.57. The molecule has 0 aromatic carbocycles. The third-order valence-corrected chi connectivity index (χ3v) is 3.32. The Morgan fingerprint density at radius 1 is 1.56 bits per heavy atom. The number of hydrogen-bond acceptors (Lipinski definition) is 4. The van der Waals surface area contributed by atoms with E-state index in [0.717, 1.165) is 22.7 Å². The molecule has 0 fully saturated rings. The van der Waals surface area contributed by atoms with Gasteiger partial charge >= 0.3 is 0 Å². The van der Waals surface area contributed by atoms with Crippen molar-refractivity contribution in [1.82, 2.24) is 20.1 Å². The summed E-state index contributed by atoms with van der Waals surface area (Å²) in [6, 6.07) is 0. The first-order valence-electron chi connectivity index (χ1n) is 5.79. The lowest BCUT2D eigenvalue weighted by Gasteiger charge is -2.02. The maximum atomic E-state index is 11.6. The molecular weight excluding hydrogens is 248 g/mol. The highest BCUT2D eigenvalue weighted by Gasteiger charge is 2.06. The molecule has 0 saturated heterocycles. The van der Waals surface area contributed by atoms with Crippen LogP contribution in [0.4, 0.5) is 0 Å². The second-order valence-electron chi connectivity index (χ2n) is 4.16. The van der Waals surface area contributed by atoms with Gasteiger partial charge in [-0.05, 0) is 18.9 Å². The Labute approximate surface area is 110 Å². The van der Waals surface area contributed by atoms with Gasteiger partial charge in [0, 0.05) is 25.2 Å². The number of amides is 1. The first-order chi connectivity index (χ1) is 8.63. The molecule has 2 rings (SSSR count). The Morgan fingerprint density at radius 2 is 2.39 bits per heavy atom. The summed E-state index contributed by atoms with van der Waals surface area (Å²) in [5.74, 6) is 0.0178. The summed E-state index contributed by atoms with van der Waals surface area (Å²) in [7, 11) is 1.88. The van der Waals surface area contributed by atoms with Crippen molar-refractivity contribution in [2.45, 2.75) is 19.8 Å². The second-order valence-corrected chi connectivity index (χ2v) is 5.22. The van der Waals surface area contributed by atoms with Crippen molar-refractivity contribution in [1.29, 1.82) is 0 Å². The Kier molecular flexibility index (Phi) is 4.09. The number of aryl methyl sites for hydroxylation is 2. The Balaban J connectivity index is 1.72. The van der Waals surface area contributed by atoms with Crippen molar-refractivity contribution >= 4 is 17.2 Å². The van der Waals surface area contributed by atoms with Crippen molar-refractivity contribution < 1.29 is 4.79 Å². The molecule has 0 saturated carbocycles. The molecular formula is C12H16N4OS. The molecule has 6 heteroatoms. The van der Waals surface area contributed by atoms with E-state index < -0.39 is 0 Å². The summed E-state index contributed by atoms with van der Waals surface area (Å²) in [4.78, 5) is 15.9. The lowest BCUT2D eigenvalue weighted by atomic mass is 10.2. The van der Waals surface area contributed by atoms with E-state index in [9.17, 15) is 4.79 Å². The van der Waals surface area contributed by atoms with Gasteiger partial charge in [-0.15, -0.1) is 11.3 Å². The highest BCUT2D eigenvalue weighted by atomic mass is 32.1. The van der Waals surface area contributed by atoms with Gasteiger partial charge in [0.2, 0.25) is 5.91 Å². The Bertz CT molecular complexity index is 532. The molecule has 18 heavy (non-hydrogen) atoms. The SMILES string of the molecule is Cc1nc(CC(=O)NCCc2cnn(C)c2)cs1. The zero-order valence-corrected chi connectivity index (χ0v) is 11.3. The van der Waals surface area contributed by atoms with Crippen LogP contribution in [0.3, 0.4) is 0 Å². The molecule has 2 aromatic rings. The van der Waals surface area contributed by atoms with Crippen molar-refractivity contribution in [3.05, 3.63) is 34.0 Å². The third-order valence-electron chi connectivity index (χ3n) is 2.50. The summed E-state index contributed by atoms with van der Waals surface area (Å²) in [6.07, 6.45) is 4.93. The van der Waals surface area contributed by atoms with Gasteiger partial charge in [0.25, 0.3) is 0 Å². The first-order valence-corrected chi connectivity index (χ1v) is 6.66. The van der Waals surface area contributed by atoms with Crippen LogP contribution in [0, 0.1) is 6.92 Å². The monoisotopic (exact) mass is 264 g/mol. The predicted molar refractivity (Wildman–Crippen MR) is 70.5 cm³/mol. The van der Waals surface area contributed by atoms with Crippen LogP contribution in [0.1, 0.15) is 16.3 Å². The average molecular weight is 264 g/mol. The van der Waals surface area contributed by atoms with Crippen LogP contribution in [0.15, 0.2) is 17.8 Å². The first kappa shape index (κ1) is 12.8. The zero-order chi connectivity index (χ0) is 13.0. The van der Waals surface area contributed by atoms with Crippen LogP contribution in [0.2, 0.25) is 0 Å². The van der Waals surface area contributed by atoms with Gasteiger partial charge < -0.3 is 5.32 Å². The van der Waals surface area contributed by atoms with Crippen molar-refractivity contribution in [3.63, 3.8) is 0 Å². The molecule has 1 amide bonds. The van der Waals surface area contributed by atoms with Crippen molar-refractivity contribution in [2.24, 2.45) is 7.05 Å². The number of aromatic nitrogens is 3. The number of nitrogens with zero attached hydrogens (tertiary/aromatic N) is 3. The molecule has 0 aliphatic carbocycles. The van der Waals surface area contributed by atoms with Crippen LogP contribution in [0.5, 0.6) is 0 Å². The Morgan fingerprint density at radius 3 is 3.00 bits per heavy atom. The van der Waals surface area contributed by atoms with Crippen LogP contribution in [0.25, 0.3) is 0 Å². The third kappa shape index (κ3) is 3.66. The summed E-state index contributed by atoms with van der Waals surface area (Å²) in [6.45, 7) is 2.57. The fraction of sp³-hybridized carbons (Fsp3) is 0.417. The number of carbonyl (C=O) groups excluding carboxylic acids is 1. The predicted octanol–water partition coefficient (Wildman–Crippen LogP) is 1.09. The lowest BCUT2D eigenvalue weighted by Crippen LogP contribution is -2.27. The summed E-state index contributed by atoms with van der Waals surface area (Å²) < 4.78 is 1.76. The maximum absolute atomic E-state index is 11.6.